The molecule has 3 aromatic rings. The molecule has 152 valence electrons. The Kier molecular flexibility index (Phi) is 4.10. The van der Waals surface area contributed by atoms with Gasteiger partial charge in [-0.05, 0) is 44.1 Å². The zero-order valence-electron chi connectivity index (χ0n) is 16.4. The molecule has 2 bridgehead atoms. The fraction of sp³-hybridized carbons (Fsp3) is 0.364. The molecular weight excluding hydrogens is 398 g/mol. The maximum Gasteiger partial charge on any atom is 0.416 e. The second kappa shape index (κ2) is 6.85. The molecule has 4 aliphatic heterocycles. The smallest absolute Gasteiger partial charge is 0.416 e. The summed E-state index contributed by atoms with van der Waals surface area (Å²) in [5.41, 5.74) is 2.32. The fourth-order valence-corrected chi connectivity index (χ4v) is 6.04. The lowest BCUT2D eigenvalue weighted by Gasteiger charge is -2.49. The van der Waals surface area contributed by atoms with Crippen LogP contribution in [-0.2, 0) is 4.74 Å². The van der Waals surface area contributed by atoms with E-state index in [0.717, 1.165) is 54.2 Å². The number of piperidine rings is 3. The molecule has 7 heterocycles. The SMILES string of the molecule is O=C1OC2(CN3CCC2CC3)CN1c1nc(-c2cccnc2)c(-c2cccnc2)s1. The monoisotopic (exact) mass is 419 g/mol. The van der Waals surface area contributed by atoms with E-state index in [-0.39, 0.29) is 6.09 Å². The van der Waals surface area contributed by atoms with Crippen LogP contribution >= 0.6 is 11.3 Å². The predicted molar refractivity (Wildman–Crippen MR) is 114 cm³/mol. The van der Waals surface area contributed by atoms with Gasteiger partial charge in [-0.15, -0.1) is 0 Å². The third-order valence-corrected chi connectivity index (χ3v) is 7.59. The summed E-state index contributed by atoms with van der Waals surface area (Å²) in [7, 11) is 0. The molecule has 8 heteroatoms. The van der Waals surface area contributed by atoms with Gasteiger partial charge in [0.2, 0.25) is 0 Å². The van der Waals surface area contributed by atoms with Gasteiger partial charge in [-0.3, -0.25) is 14.9 Å². The van der Waals surface area contributed by atoms with Gasteiger partial charge in [0.05, 0.1) is 17.1 Å². The van der Waals surface area contributed by atoms with E-state index in [1.165, 1.54) is 11.3 Å². The number of carbonyl (C=O) groups is 1. The van der Waals surface area contributed by atoms with Crippen LogP contribution in [0.15, 0.2) is 49.1 Å². The number of ether oxygens (including phenoxy) is 1. The maximum absolute atomic E-state index is 12.9. The summed E-state index contributed by atoms with van der Waals surface area (Å²) in [6.45, 7) is 3.62. The van der Waals surface area contributed by atoms with Gasteiger partial charge < -0.3 is 4.74 Å². The van der Waals surface area contributed by atoms with E-state index in [9.17, 15) is 4.79 Å². The molecule has 4 fully saturated rings. The molecule has 1 atom stereocenters. The van der Waals surface area contributed by atoms with Crippen LogP contribution in [0.1, 0.15) is 12.8 Å². The summed E-state index contributed by atoms with van der Waals surface area (Å²) in [6.07, 6.45) is 9.04. The van der Waals surface area contributed by atoms with Crippen molar-refractivity contribution in [3.8, 4) is 21.7 Å². The number of thiazole rings is 1. The number of carbonyl (C=O) groups excluding carboxylic acids is 1. The number of pyridine rings is 2. The van der Waals surface area contributed by atoms with Crippen LogP contribution in [0.5, 0.6) is 0 Å². The van der Waals surface area contributed by atoms with E-state index in [2.05, 4.69) is 14.9 Å². The highest BCUT2D eigenvalue weighted by Crippen LogP contribution is 2.46. The molecule has 7 nitrogen and oxygen atoms in total. The lowest BCUT2D eigenvalue weighted by atomic mass is 9.75. The standard InChI is InChI=1S/C22H21N5O2S/c28-21-27(14-22(29-21)13-26-9-5-17(22)6-10-26)20-25-18(15-3-1-7-23-11-15)19(30-20)16-4-2-8-24-12-16/h1-4,7-8,11-12,17H,5-6,9-10,13-14H2. The van der Waals surface area contributed by atoms with Crippen LogP contribution in [-0.4, -0.2) is 57.7 Å². The zero-order valence-corrected chi connectivity index (χ0v) is 17.2. The van der Waals surface area contributed by atoms with Crippen LogP contribution in [0, 0.1) is 5.92 Å². The lowest BCUT2D eigenvalue weighted by Crippen LogP contribution is -2.61. The average molecular weight is 420 g/mol. The Morgan fingerprint density at radius 3 is 2.40 bits per heavy atom. The third-order valence-electron chi connectivity index (χ3n) is 6.47. The summed E-state index contributed by atoms with van der Waals surface area (Å²) in [6, 6.07) is 7.81. The molecule has 3 aromatic heterocycles. The predicted octanol–water partition coefficient (Wildman–Crippen LogP) is 3.69. The van der Waals surface area contributed by atoms with Gasteiger partial charge in [0.15, 0.2) is 5.13 Å². The van der Waals surface area contributed by atoms with Crippen LogP contribution in [0.2, 0.25) is 0 Å². The molecular formula is C22H21N5O2S. The van der Waals surface area contributed by atoms with Crippen LogP contribution < -0.4 is 4.90 Å². The molecule has 0 aromatic carbocycles. The van der Waals surface area contributed by atoms with Crippen molar-refractivity contribution in [1.29, 1.82) is 0 Å². The van der Waals surface area contributed by atoms with Crippen LogP contribution in [0.3, 0.4) is 0 Å². The number of amides is 1. The fourth-order valence-electron chi connectivity index (χ4n) is 4.97. The number of anilines is 1. The highest BCUT2D eigenvalue weighted by Gasteiger charge is 2.56. The average Bonchev–Trinajstić information content (AvgIpc) is 3.37. The van der Waals surface area contributed by atoms with Crippen molar-refractivity contribution in [2.75, 3.05) is 31.1 Å². The third kappa shape index (κ3) is 2.82. The highest BCUT2D eigenvalue weighted by atomic mass is 32.1. The van der Waals surface area contributed by atoms with Gasteiger partial charge in [-0.2, -0.15) is 0 Å². The second-order valence-corrected chi connectivity index (χ2v) is 9.20. The minimum absolute atomic E-state index is 0.284. The highest BCUT2D eigenvalue weighted by molar-refractivity contribution is 7.19. The van der Waals surface area contributed by atoms with E-state index in [1.54, 1.807) is 23.5 Å². The molecule has 4 aliphatic rings. The molecule has 1 amide bonds. The summed E-state index contributed by atoms with van der Waals surface area (Å²) in [4.78, 5) is 31.5. The molecule has 1 spiro atoms. The topological polar surface area (TPSA) is 71.5 Å². The van der Waals surface area contributed by atoms with E-state index in [4.69, 9.17) is 9.72 Å². The number of hydrogen-bond donors (Lipinski definition) is 0. The first-order valence-corrected chi connectivity index (χ1v) is 11.1. The van der Waals surface area contributed by atoms with Crippen molar-refractivity contribution in [3.05, 3.63) is 49.1 Å². The molecule has 0 saturated carbocycles. The summed E-state index contributed by atoms with van der Waals surface area (Å²) in [5.74, 6) is 0.437. The quantitative estimate of drug-likeness (QED) is 0.645. The molecule has 1 unspecified atom stereocenters. The van der Waals surface area contributed by atoms with Crippen molar-refractivity contribution >= 4 is 22.6 Å². The van der Waals surface area contributed by atoms with E-state index in [1.807, 2.05) is 30.5 Å². The largest absolute Gasteiger partial charge is 0.439 e. The molecule has 7 rings (SSSR count). The minimum Gasteiger partial charge on any atom is -0.439 e. The van der Waals surface area contributed by atoms with Crippen molar-refractivity contribution in [2.24, 2.45) is 5.92 Å². The second-order valence-electron chi connectivity index (χ2n) is 8.23. The Bertz CT molecular complexity index is 1020. The van der Waals surface area contributed by atoms with Gasteiger partial charge in [0.25, 0.3) is 0 Å². The lowest BCUT2D eigenvalue weighted by molar-refractivity contribution is -0.0881. The summed E-state index contributed by atoms with van der Waals surface area (Å²) < 4.78 is 6.04. The zero-order chi connectivity index (χ0) is 20.1. The minimum atomic E-state index is -0.401. The Labute approximate surface area is 178 Å². The van der Waals surface area contributed by atoms with Crippen LogP contribution in [0.25, 0.3) is 21.7 Å². The van der Waals surface area contributed by atoms with Crippen molar-refractivity contribution in [2.45, 2.75) is 18.4 Å². The molecule has 0 aliphatic carbocycles. The number of fused-ring (bicyclic) bond motifs is 2. The first-order valence-electron chi connectivity index (χ1n) is 10.3. The Hall–Kier alpha value is -2.84. The number of nitrogens with zero attached hydrogens (tertiary/aromatic N) is 5. The van der Waals surface area contributed by atoms with Crippen molar-refractivity contribution in [1.82, 2.24) is 19.9 Å². The molecule has 0 radical (unpaired) electrons. The Morgan fingerprint density at radius 2 is 1.77 bits per heavy atom. The number of hydrogen-bond acceptors (Lipinski definition) is 7. The maximum atomic E-state index is 12.9. The summed E-state index contributed by atoms with van der Waals surface area (Å²) in [5, 5.41) is 0.672. The normalized spacial score (nSPS) is 27.6. The molecule has 30 heavy (non-hydrogen) atoms. The van der Waals surface area contributed by atoms with Crippen LogP contribution in [0.4, 0.5) is 9.93 Å². The van der Waals surface area contributed by atoms with E-state index in [0.29, 0.717) is 17.6 Å². The van der Waals surface area contributed by atoms with Gasteiger partial charge >= 0.3 is 6.09 Å². The first kappa shape index (κ1) is 18.0. The Balaban J connectivity index is 1.40. The summed E-state index contributed by atoms with van der Waals surface area (Å²) >= 11 is 1.51. The van der Waals surface area contributed by atoms with Gasteiger partial charge in [0, 0.05) is 48.4 Å². The Morgan fingerprint density at radius 1 is 1.03 bits per heavy atom. The van der Waals surface area contributed by atoms with E-state index < -0.39 is 5.60 Å². The van der Waals surface area contributed by atoms with Gasteiger partial charge in [-0.25, -0.2) is 14.7 Å². The van der Waals surface area contributed by atoms with Gasteiger partial charge in [-0.1, -0.05) is 17.4 Å². The first-order chi connectivity index (χ1) is 14.7. The number of aromatic nitrogens is 3. The number of rotatable bonds is 3. The van der Waals surface area contributed by atoms with Crippen molar-refractivity contribution in [3.63, 3.8) is 0 Å². The molecule has 0 N–H and O–H groups in total. The van der Waals surface area contributed by atoms with Gasteiger partial charge in [0.1, 0.15) is 5.60 Å². The molecule has 4 saturated heterocycles. The van der Waals surface area contributed by atoms with E-state index >= 15 is 0 Å². The van der Waals surface area contributed by atoms with Crippen molar-refractivity contribution < 1.29 is 9.53 Å².